The van der Waals surface area contributed by atoms with Crippen LogP contribution in [0.3, 0.4) is 0 Å². The van der Waals surface area contributed by atoms with Crippen molar-refractivity contribution >= 4 is 5.78 Å². The first-order valence-corrected chi connectivity index (χ1v) is 12.9. The third-order valence-corrected chi connectivity index (χ3v) is 9.96. The molecule has 0 amide bonds. The van der Waals surface area contributed by atoms with Crippen LogP contribution in [-0.2, 0) is 4.79 Å². The van der Waals surface area contributed by atoms with E-state index < -0.39 is 0 Å². The summed E-state index contributed by atoms with van der Waals surface area (Å²) >= 11 is 0. The number of ketones is 1. The van der Waals surface area contributed by atoms with Gasteiger partial charge in [0.15, 0.2) is 5.78 Å². The summed E-state index contributed by atoms with van der Waals surface area (Å²) in [4.78, 5) is 13.4. The second-order valence-corrected chi connectivity index (χ2v) is 11.4. The van der Waals surface area contributed by atoms with E-state index in [1.165, 1.54) is 69.0 Å². The van der Waals surface area contributed by atoms with Gasteiger partial charge in [-0.2, -0.15) is 0 Å². The second kappa shape index (κ2) is 8.84. The number of carbonyl (C=O) groups is 1. The number of hydrazine groups is 1. The number of rotatable bonds is 8. The van der Waals surface area contributed by atoms with Crippen LogP contribution in [0.4, 0.5) is 0 Å². The van der Waals surface area contributed by atoms with Crippen molar-refractivity contribution in [1.29, 1.82) is 0 Å². The summed E-state index contributed by atoms with van der Waals surface area (Å²) in [5.74, 6) is 12.6. The zero-order chi connectivity index (χ0) is 21.5. The van der Waals surface area contributed by atoms with Crippen molar-refractivity contribution in [3.05, 3.63) is 12.4 Å². The van der Waals surface area contributed by atoms with Crippen molar-refractivity contribution < 1.29 is 4.79 Å². The lowest BCUT2D eigenvalue weighted by Crippen LogP contribution is -2.50. The Kier molecular flexibility index (Phi) is 6.53. The van der Waals surface area contributed by atoms with E-state index in [-0.39, 0.29) is 11.3 Å². The normalized spacial score (nSPS) is 43.4. The molecule has 4 fully saturated rings. The van der Waals surface area contributed by atoms with E-state index in [2.05, 4.69) is 20.8 Å². The molecule has 0 aromatic heterocycles. The van der Waals surface area contributed by atoms with Gasteiger partial charge in [0.1, 0.15) is 0 Å². The number of nitrogens with two attached hydrogens (primary N) is 2. The van der Waals surface area contributed by atoms with Crippen molar-refractivity contribution in [3.63, 3.8) is 0 Å². The first kappa shape index (κ1) is 22.2. The minimum atomic E-state index is 0.175. The van der Waals surface area contributed by atoms with Crippen LogP contribution in [-0.4, -0.2) is 17.3 Å². The zero-order valence-electron chi connectivity index (χ0n) is 19.6. The van der Waals surface area contributed by atoms with Gasteiger partial charge in [0.05, 0.1) is 6.54 Å². The Morgan fingerprint density at radius 2 is 1.87 bits per heavy atom. The molecule has 30 heavy (non-hydrogen) atoms. The maximum absolute atomic E-state index is 13.4. The molecule has 4 aliphatic rings. The fraction of sp³-hybridized carbons (Fsp3) is 0.885. The second-order valence-electron chi connectivity index (χ2n) is 11.4. The molecule has 4 heteroatoms. The zero-order valence-corrected chi connectivity index (χ0v) is 19.6. The van der Waals surface area contributed by atoms with Crippen molar-refractivity contribution in [3.8, 4) is 0 Å². The highest BCUT2D eigenvalue weighted by molar-refractivity contribution is 5.84. The van der Waals surface area contributed by atoms with E-state index in [4.69, 9.17) is 11.6 Å². The minimum absolute atomic E-state index is 0.175. The molecule has 4 saturated carbocycles. The summed E-state index contributed by atoms with van der Waals surface area (Å²) in [7, 11) is 0. The molecule has 0 spiro atoms. The highest BCUT2D eigenvalue weighted by Gasteiger charge is 2.63. The molecule has 4 rings (SSSR count). The number of carbonyl (C=O) groups excluding carboxylic acids is 1. The van der Waals surface area contributed by atoms with Crippen molar-refractivity contribution in [2.75, 3.05) is 6.54 Å². The van der Waals surface area contributed by atoms with Gasteiger partial charge in [-0.25, -0.2) is 5.84 Å². The Morgan fingerprint density at radius 1 is 1.10 bits per heavy atom. The Morgan fingerprint density at radius 3 is 2.50 bits per heavy atom. The van der Waals surface area contributed by atoms with Gasteiger partial charge in [0, 0.05) is 18.3 Å². The molecule has 4 aliphatic carbocycles. The molecule has 0 aromatic carbocycles. The molecular formula is C26H45N3O. The number of nitrogens with zero attached hydrogens (tertiary/aromatic N) is 1. The molecule has 0 radical (unpaired) electrons. The number of hydrogen-bond donors (Lipinski definition) is 2. The van der Waals surface area contributed by atoms with Crippen LogP contribution in [0.2, 0.25) is 0 Å². The van der Waals surface area contributed by atoms with E-state index >= 15 is 0 Å². The van der Waals surface area contributed by atoms with E-state index in [9.17, 15) is 4.79 Å². The van der Waals surface area contributed by atoms with Crippen LogP contribution in [0.15, 0.2) is 12.4 Å². The Labute approximate surface area is 184 Å². The first-order valence-electron chi connectivity index (χ1n) is 12.9. The number of Topliss-reactive ketones (excluding diaryl/α,β-unsaturated/α-hetero) is 1. The molecule has 0 aromatic rings. The molecule has 0 aliphatic heterocycles. The molecule has 0 heterocycles. The summed E-state index contributed by atoms with van der Waals surface area (Å²) in [5.41, 5.74) is 5.66. The largest absolute Gasteiger partial charge is 0.403 e. The maximum Gasteiger partial charge on any atom is 0.157 e. The third kappa shape index (κ3) is 3.82. The predicted molar refractivity (Wildman–Crippen MR) is 123 cm³/mol. The van der Waals surface area contributed by atoms with Gasteiger partial charge in [-0.3, -0.25) is 4.79 Å². The molecular weight excluding hydrogens is 370 g/mol. The summed E-state index contributed by atoms with van der Waals surface area (Å²) in [5, 5.41) is 1.47. The quantitative estimate of drug-likeness (QED) is 0.428. The van der Waals surface area contributed by atoms with Gasteiger partial charge in [-0.15, -0.1) is 0 Å². The predicted octanol–water partition coefficient (Wildman–Crippen LogP) is 5.09. The SMILES string of the molecule is CCCC1C(CC)CCC2C1CCC1(C)C(C(=O)CN(N)/C=C\N)CC(C3CC3)C21. The highest BCUT2D eigenvalue weighted by Crippen LogP contribution is 2.68. The lowest BCUT2D eigenvalue weighted by atomic mass is 9.49. The molecule has 170 valence electrons. The summed E-state index contributed by atoms with van der Waals surface area (Å²) < 4.78 is 0. The van der Waals surface area contributed by atoms with E-state index in [0.29, 0.717) is 12.3 Å². The molecule has 8 unspecified atom stereocenters. The van der Waals surface area contributed by atoms with Crippen molar-refractivity contribution in [1.82, 2.24) is 5.01 Å². The van der Waals surface area contributed by atoms with Crippen molar-refractivity contribution in [2.24, 2.45) is 64.3 Å². The first-order chi connectivity index (χ1) is 14.4. The lowest BCUT2D eigenvalue weighted by Gasteiger charge is -2.56. The van der Waals surface area contributed by atoms with E-state index in [1.807, 2.05) is 0 Å². The maximum atomic E-state index is 13.4. The third-order valence-electron chi connectivity index (χ3n) is 9.96. The highest BCUT2D eigenvalue weighted by atomic mass is 16.1. The van der Waals surface area contributed by atoms with Gasteiger partial charge >= 0.3 is 0 Å². The van der Waals surface area contributed by atoms with Gasteiger partial charge in [0.25, 0.3) is 0 Å². The average molecular weight is 416 g/mol. The minimum Gasteiger partial charge on any atom is -0.403 e. The summed E-state index contributed by atoms with van der Waals surface area (Å²) in [6.45, 7) is 7.56. The smallest absolute Gasteiger partial charge is 0.157 e. The Bertz CT molecular complexity index is 644. The van der Waals surface area contributed by atoms with Gasteiger partial charge in [-0.05, 0) is 91.8 Å². The van der Waals surface area contributed by atoms with E-state index in [0.717, 1.165) is 47.8 Å². The van der Waals surface area contributed by atoms with Gasteiger partial charge in [0.2, 0.25) is 0 Å². The van der Waals surface area contributed by atoms with Crippen LogP contribution in [0.5, 0.6) is 0 Å². The topological polar surface area (TPSA) is 72.3 Å². The molecule has 4 N–H and O–H groups in total. The van der Waals surface area contributed by atoms with Crippen LogP contribution >= 0.6 is 0 Å². The van der Waals surface area contributed by atoms with Crippen LogP contribution in [0.1, 0.15) is 85.0 Å². The standard InChI is InChI=1S/C26H45N3O/c1-4-6-19-17(5-2)9-10-21-20(19)11-12-26(3)23(24(30)16-29(28)14-13-27)15-22(25(21)26)18-7-8-18/h13-14,17-23,25H,4-12,15-16,27-28H2,1-3H3/b14-13-. The Balaban J connectivity index is 1.59. The lowest BCUT2D eigenvalue weighted by molar-refractivity contribution is -0.131. The van der Waals surface area contributed by atoms with Crippen LogP contribution < -0.4 is 11.6 Å². The van der Waals surface area contributed by atoms with Crippen LogP contribution in [0, 0.1) is 52.8 Å². The van der Waals surface area contributed by atoms with Crippen LogP contribution in [0.25, 0.3) is 0 Å². The number of fused-ring (bicyclic) bond motifs is 3. The van der Waals surface area contributed by atoms with Gasteiger partial charge < -0.3 is 10.7 Å². The Hall–Kier alpha value is -1.03. The molecule has 8 atom stereocenters. The van der Waals surface area contributed by atoms with Crippen molar-refractivity contribution in [2.45, 2.75) is 85.0 Å². The molecule has 0 saturated heterocycles. The molecule has 0 bridgehead atoms. The monoisotopic (exact) mass is 415 g/mol. The summed E-state index contributed by atoms with van der Waals surface area (Å²) in [6.07, 6.45) is 16.4. The fourth-order valence-electron chi connectivity index (χ4n) is 8.66. The van der Waals surface area contributed by atoms with Gasteiger partial charge in [-0.1, -0.05) is 40.0 Å². The van der Waals surface area contributed by atoms with E-state index in [1.54, 1.807) is 6.20 Å². The fourth-order valence-corrected chi connectivity index (χ4v) is 8.66. The average Bonchev–Trinajstić information content (AvgIpc) is 3.50. The summed E-state index contributed by atoms with van der Waals surface area (Å²) in [6, 6.07) is 0. The number of hydrogen-bond acceptors (Lipinski definition) is 4. The molecule has 4 nitrogen and oxygen atoms in total.